The Labute approximate surface area is 286 Å². The summed E-state index contributed by atoms with van der Waals surface area (Å²) >= 11 is 0. The summed E-state index contributed by atoms with van der Waals surface area (Å²) in [4.78, 5) is 0. The number of phenolic OH excluding ortho intramolecular Hbond substituents is 2. The van der Waals surface area contributed by atoms with Crippen LogP contribution in [0.4, 0.5) is 0 Å². The summed E-state index contributed by atoms with van der Waals surface area (Å²) < 4.78 is 0. The molecule has 0 amide bonds. The number of hydrogen-bond donors (Lipinski definition) is 2. The maximum atomic E-state index is 10.3. The van der Waals surface area contributed by atoms with Gasteiger partial charge in [-0.1, -0.05) is 120 Å². The van der Waals surface area contributed by atoms with E-state index in [4.69, 9.17) is 0 Å². The predicted molar refractivity (Wildman–Crippen MR) is 202 cm³/mol. The summed E-state index contributed by atoms with van der Waals surface area (Å²) in [6.45, 7) is 4.25. The van der Waals surface area contributed by atoms with E-state index in [-0.39, 0.29) is 11.5 Å². The lowest BCUT2D eigenvalue weighted by molar-refractivity contribution is 0.475. The molecule has 0 unspecified atom stereocenters. The molecule has 0 aliphatic heterocycles. The van der Waals surface area contributed by atoms with Gasteiger partial charge in [-0.05, 0) is 140 Å². The van der Waals surface area contributed by atoms with Crippen molar-refractivity contribution in [2.24, 2.45) is 0 Å². The first-order chi connectivity index (χ1) is 23.9. The summed E-state index contributed by atoms with van der Waals surface area (Å²) in [5.41, 5.74) is 13.7. The fourth-order valence-corrected chi connectivity index (χ4v) is 7.90. The lowest BCUT2D eigenvalue weighted by Gasteiger charge is -2.35. The van der Waals surface area contributed by atoms with Crippen LogP contribution in [0.3, 0.4) is 0 Å². The number of benzene rings is 8. The molecule has 0 heterocycles. The fourth-order valence-electron chi connectivity index (χ4n) is 7.90. The number of fused-ring (bicyclic) bond motifs is 5. The summed E-state index contributed by atoms with van der Waals surface area (Å²) in [6, 6.07) is 56.0. The smallest absolute Gasteiger partial charge is 0.116 e. The van der Waals surface area contributed by atoms with Gasteiger partial charge in [0.1, 0.15) is 11.5 Å². The molecule has 0 radical (unpaired) electrons. The monoisotopic (exact) mass is 630 g/mol. The van der Waals surface area contributed by atoms with Gasteiger partial charge in [0, 0.05) is 0 Å². The van der Waals surface area contributed by atoms with Crippen LogP contribution in [-0.4, -0.2) is 10.2 Å². The molecule has 0 bridgehead atoms. The second-order valence-corrected chi connectivity index (χ2v) is 13.5. The van der Waals surface area contributed by atoms with E-state index in [1.165, 1.54) is 55.6 Å². The van der Waals surface area contributed by atoms with Crippen molar-refractivity contribution in [1.29, 1.82) is 0 Å². The predicted octanol–water partition coefficient (Wildman–Crippen LogP) is 11.7. The van der Waals surface area contributed by atoms with Gasteiger partial charge in [-0.3, -0.25) is 0 Å². The van der Waals surface area contributed by atoms with Gasteiger partial charge in [0.2, 0.25) is 0 Å². The zero-order valence-corrected chi connectivity index (χ0v) is 27.4. The minimum Gasteiger partial charge on any atom is -0.508 e. The first-order valence-corrected chi connectivity index (χ1v) is 16.8. The van der Waals surface area contributed by atoms with Gasteiger partial charge in [-0.2, -0.15) is 0 Å². The summed E-state index contributed by atoms with van der Waals surface area (Å²) in [6.07, 6.45) is 0. The fraction of sp³-hybridized carbons (Fsp3) is 0.0638. The Bertz CT molecular complexity index is 2390. The first-order valence-electron chi connectivity index (χ1n) is 16.8. The van der Waals surface area contributed by atoms with Crippen molar-refractivity contribution in [2.75, 3.05) is 0 Å². The molecular weight excluding hydrogens is 597 g/mol. The highest BCUT2D eigenvalue weighted by atomic mass is 16.3. The Morgan fingerprint density at radius 3 is 1.14 bits per heavy atom. The van der Waals surface area contributed by atoms with E-state index in [9.17, 15) is 10.2 Å². The van der Waals surface area contributed by atoms with E-state index in [0.717, 1.165) is 32.7 Å². The average Bonchev–Trinajstić information content (AvgIpc) is 3.41. The molecule has 1 aliphatic rings. The lowest BCUT2D eigenvalue weighted by atomic mass is 9.66. The van der Waals surface area contributed by atoms with Crippen molar-refractivity contribution in [2.45, 2.75) is 19.3 Å². The second kappa shape index (κ2) is 11.0. The van der Waals surface area contributed by atoms with Crippen molar-refractivity contribution < 1.29 is 10.2 Å². The van der Waals surface area contributed by atoms with Crippen molar-refractivity contribution in [3.05, 3.63) is 191 Å². The highest BCUT2D eigenvalue weighted by molar-refractivity contribution is 5.94. The van der Waals surface area contributed by atoms with Crippen LogP contribution < -0.4 is 0 Å². The molecular formula is C47H34O2. The maximum absolute atomic E-state index is 10.3. The van der Waals surface area contributed by atoms with Gasteiger partial charge >= 0.3 is 0 Å². The van der Waals surface area contributed by atoms with Crippen LogP contribution in [0.5, 0.6) is 11.5 Å². The van der Waals surface area contributed by atoms with E-state index < -0.39 is 5.41 Å². The second-order valence-electron chi connectivity index (χ2n) is 13.5. The highest BCUT2D eigenvalue weighted by Gasteiger charge is 2.46. The van der Waals surface area contributed by atoms with Gasteiger partial charge in [-0.15, -0.1) is 0 Å². The lowest BCUT2D eigenvalue weighted by Crippen LogP contribution is -2.28. The molecule has 234 valence electrons. The Balaban J connectivity index is 1.41. The highest BCUT2D eigenvalue weighted by Crippen LogP contribution is 2.58. The number of aryl methyl sites for hydroxylation is 2. The van der Waals surface area contributed by atoms with Crippen molar-refractivity contribution in [3.8, 4) is 44.9 Å². The van der Waals surface area contributed by atoms with Crippen LogP contribution in [0.15, 0.2) is 158 Å². The topological polar surface area (TPSA) is 40.5 Å². The van der Waals surface area contributed by atoms with Gasteiger partial charge in [0.25, 0.3) is 0 Å². The molecule has 0 fully saturated rings. The molecule has 0 aromatic heterocycles. The van der Waals surface area contributed by atoms with E-state index in [2.05, 4.69) is 135 Å². The van der Waals surface area contributed by atoms with Crippen LogP contribution in [0, 0.1) is 13.8 Å². The molecule has 2 heteroatoms. The molecule has 2 nitrogen and oxygen atoms in total. The number of rotatable bonds is 4. The molecule has 8 aromatic rings. The Morgan fingerprint density at radius 2 is 0.714 bits per heavy atom. The first kappa shape index (κ1) is 29.1. The summed E-state index contributed by atoms with van der Waals surface area (Å²) in [5.74, 6) is 0.518. The number of hydrogen-bond acceptors (Lipinski definition) is 2. The van der Waals surface area contributed by atoms with Gasteiger partial charge in [0.15, 0.2) is 0 Å². The molecule has 2 N–H and O–H groups in total. The molecule has 0 saturated carbocycles. The van der Waals surface area contributed by atoms with Crippen molar-refractivity contribution in [1.82, 2.24) is 0 Å². The van der Waals surface area contributed by atoms with E-state index in [1.807, 2.05) is 24.3 Å². The molecule has 0 spiro atoms. The number of phenols is 2. The normalized spacial score (nSPS) is 13.0. The zero-order valence-electron chi connectivity index (χ0n) is 27.4. The molecule has 49 heavy (non-hydrogen) atoms. The third-order valence-corrected chi connectivity index (χ3v) is 10.4. The van der Waals surface area contributed by atoms with Crippen LogP contribution in [0.1, 0.15) is 33.4 Å². The molecule has 9 rings (SSSR count). The SMILES string of the molecule is Cc1ccc(-c2ccc3c(c2)C(c2ccc4cc(O)ccc4c2)(c2ccc4cc(O)ccc4c2)c2cc(-c4ccc(C)cc4)ccc2-3)cc1. The molecule has 0 saturated heterocycles. The zero-order chi connectivity index (χ0) is 33.3. The minimum atomic E-state index is -0.662. The van der Waals surface area contributed by atoms with Crippen molar-refractivity contribution >= 4 is 21.5 Å². The van der Waals surface area contributed by atoms with Crippen LogP contribution >= 0.6 is 0 Å². The van der Waals surface area contributed by atoms with E-state index in [0.29, 0.717) is 0 Å². The molecule has 8 aromatic carbocycles. The van der Waals surface area contributed by atoms with Crippen molar-refractivity contribution in [3.63, 3.8) is 0 Å². The van der Waals surface area contributed by atoms with Gasteiger partial charge < -0.3 is 10.2 Å². The minimum absolute atomic E-state index is 0.259. The van der Waals surface area contributed by atoms with Crippen LogP contribution in [0.25, 0.3) is 54.9 Å². The largest absolute Gasteiger partial charge is 0.508 e. The average molecular weight is 631 g/mol. The maximum Gasteiger partial charge on any atom is 0.116 e. The summed E-state index contributed by atoms with van der Waals surface area (Å²) in [5, 5.41) is 24.8. The standard InChI is InChI=1S/C47H34O2/c1-29-3-7-31(8-4-29)37-15-21-43-44-22-16-38(32-9-5-30(2)6-10-32)28-46(44)47(45(43)27-37,39-17-11-35-25-41(48)19-13-33(35)23-39)40-18-12-36-26-42(49)20-14-34(36)24-40/h3-28,48-49H,1-2H3. The molecule has 0 atom stereocenters. The number of aromatic hydroxyl groups is 2. The summed E-state index contributed by atoms with van der Waals surface area (Å²) in [7, 11) is 0. The quantitative estimate of drug-likeness (QED) is 0.203. The van der Waals surface area contributed by atoms with Gasteiger partial charge in [0.05, 0.1) is 5.41 Å². The Morgan fingerprint density at radius 1 is 0.347 bits per heavy atom. The Kier molecular flexibility index (Phi) is 6.50. The van der Waals surface area contributed by atoms with Gasteiger partial charge in [-0.25, -0.2) is 0 Å². The van der Waals surface area contributed by atoms with Crippen LogP contribution in [-0.2, 0) is 5.41 Å². The van der Waals surface area contributed by atoms with Crippen LogP contribution in [0.2, 0.25) is 0 Å². The molecule has 1 aliphatic carbocycles. The van der Waals surface area contributed by atoms with E-state index >= 15 is 0 Å². The third-order valence-electron chi connectivity index (χ3n) is 10.4. The van der Waals surface area contributed by atoms with E-state index in [1.54, 1.807) is 12.1 Å². The Hall–Kier alpha value is -6.12. The third kappa shape index (κ3) is 4.63.